The first-order chi connectivity index (χ1) is 11.9. The molecular weight excluding hydrogens is 331 g/mol. The van der Waals surface area contributed by atoms with Gasteiger partial charge in [-0.15, -0.1) is 0 Å². The molecule has 0 radical (unpaired) electrons. The zero-order valence-electron chi connectivity index (χ0n) is 13.5. The molecule has 3 rings (SSSR count). The second-order valence-corrected chi connectivity index (χ2v) is 6.18. The molecule has 25 heavy (non-hydrogen) atoms. The lowest BCUT2D eigenvalue weighted by atomic mass is 9.95. The highest BCUT2D eigenvalue weighted by Crippen LogP contribution is 2.48. The van der Waals surface area contributed by atoms with E-state index in [4.69, 9.17) is 0 Å². The van der Waals surface area contributed by atoms with E-state index in [2.05, 4.69) is 10.1 Å². The van der Waals surface area contributed by atoms with Gasteiger partial charge in [-0.1, -0.05) is 42.5 Å². The van der Waals surface area contributed by atoms with Gasteiger partial charge in [0.2, 0.25) is 5.91 Å². The van der Waals surface area contributed by atoms with Crippen LogP contribution in [-0.4, -0.2) is 18.7 Å². The molecule has 2 aromatic carbocycles. The number of halogens is 3. The number of benzene rings is 2. The van der Waals surface area contributed by atoms with Crippen molar-refractivity contribution in [3.05, 3.63) is 65.7 Å². The zero-order valence-corrected chi connectivity index (χ0v) is 13.5. The maximum absolute atomic E-state index is 12.5. The van der Waals surface area contributed by atoms with E-state index in [-0.39, 0.29) is 11.7 Å². The van der Waals surface area contributed by atoms with E-state index in [1.54, 1.807) is 12.1 Å². The lowest BCUT2D eigenvalue weighted by Crippen LogP contribution is -2.34. The predicted molar refractivity (Wildman–Crippen MR) is 87.2 cm³/mol. The molecule has 0 aliphatic heterocycles. The van der Waals surface area contributed by atoms with Gasteiger partial charge in [-0.05, 0) is 36.1 Å². The third-order valence-electron chi connectivity index (χ3n) is 4.29. The number of nitrogens with one attached hydrogen (secondary N) is 1. The van der Waals surface area contributed by atoms with Crippen LogP contribution in [0, 0.1) is 0 Å². The Morgan fingerprint density at radius 1 is 1.04 bits per heavy atom. The highest BCUT2D eigenvalue weighted by molar-refractivity contribution is 5.91. The van der Waals surface area contributed by atoms with Crippen molar-refractivity contribution in [1.29, 1.82) is 0 Å². The third-order valence-corrected chi connectivity index (χ3v) is 4.29. The van der Waals surface area contributed by atoms with Gasteiger partial charge in [-0.25, -0.2) is 0 Å². The summed E-state index contributed by atoms with van der Waals surface area (Å²) in [5.74, 6) is 0.131. The molecule has 0 atom stereocenters. The van der Waals surface area contributed by atoms with Gasteiger partial charge in [0.25, 0.3) is 0 Å². The van der Waals surface area contributed by atoms with E-state index in [0.717, 1.165) is 24.0 Å². The minimum atomic E-state index is -4.36. The van der Waals surface area contributed by atoms with E-state index in [0.29, 0.717) is 6.54 Å². The molecule has 1 aliphatic rings. The number of alkyl halides is 3. The first-order valence-corrected chi connectivity index (χ1v) is 8.01. The Labute approximate surface area is 143 Å². The van der Waals surface area contributed by atoms with Crippen LogP contribution in [0.5, 0.6) is 5.75 Å². The van der Waals surface area contributed by atoms with Crippen LogP contribution in [0.2, 0.25) is 0 Å². The smallest absolute Gasteiger partial charge is 0.422 e. The summed E-state index contributed by atoms with van der Waals surface area (Å²) in [6, 6.07) is 15.9. The van der Waals surface area contributed by atoms with E-state index in [1.165, 1.54) is 12.1 Å². The average Bonchev–Trinajstić information content (AvgIpc) is 3.41. The van der Waals surface area contributed by atoms with E-state index < -0.39 is 18.2 Å². The summed E-state index contributed by atoms with van der Waals surface area (Å²) in [6.07, 6.45) is -2.71. The van der Waals surface area contributed by atoms with Crippen LogP contribution >= 0.6 is 0 Å². The van der Waals surface area contributed by atoms with Crippen molar-refractivity contribution in [2.24, 2.45) is 0 Å². The summed E-state index contributed by atoms with van der Waals surface area (Å²) in [5, 5.41) is 2.92. The number of amides is 1. The fourth-order valence-electron chi connectivity index (χ4n) is 2.75. The number of carbonyl (C=O) groups excluding carboxylic acids is 1. The first-order valence-electron chi connectivity index (χ1n) is 8.01. The topological polar surface area (TPSA) is 38.3 Å². The first kappa shape index (κ1) is 17.3. The molecule has 0 heterocycles. The Balaban J connectivity index is 1.54. The Morgan fingerprint density at radius 3 is 2.24 bits per heavy atom. The fraction of sp³-hybridized carbons (Fsp3) is 0.316. The molecule has 0 saturated heterocycles. The molecule has 1 aliphatic carbocycles. The summed E-state index contributed by atoms with van der Waals surface area (Å²) in [4.78, 5) is 12.5. The Hall–Kier alpha value is -2.50. The van der Waals surface area contributed by atoms with Crippen molar-refractivity contribution < 1.29 is 22.7 Å². The van der Waals surface area contributed by atoms with Crippen molar-refractivity contribution >= 4 is 5.91 Å². The summed E-state index contributed by atoms with van der Waals surface area (Å²) in [6.45, 7) is -0.990. The second-order valence-electron chi connectivity index (χ2n) is 6.18. The van der Waals surface area contributed by atoms with Crippen LogP contribution in [-0.2, 0) is 16.8 Å². The minimum Gasteiger partial charge on any atom is -0.484 e. The van der Waals surface area contributed by atoms with Gasteiger partial charge >= 0.3 is 6.18 Å². The highest BCUT2D eigenvalue weighted by atomic mass is 19.4. The van der Waals surface area contributed by atoms with Crippen LogP contribution in [0.15, 0.2) is 54.6 Å². The van der Waals surface area contributed by atoms with Gasteiger partial charge in [0.1, 0.15) is 5.75 Å². The number of rotatable bonds is 6. The summed E-state index contributed by atoms with van der Waals surface area (Å²) in [7, 11) is 0. The SMILES string of the molecule is O=C(NCc1ccc(OCC(F)(F)F)cc1)C1(c2ccccc2)CC1. The van der Waals surface area contributed by atoms with Gasteiger partial charge in [0.05, 0.1) is 5.41 Å². The molecule has 2 aromatic rings. The molecule has 0 unspecified atom stereocenters. The van der Waals surface area contributed by atoms with Gasteiger partial charge in [0, 0.05) is 6.54 Å². The molecule has 3 nitrogen and oxygen atoms in total. The molecule has 6 heteroatoms. The van der Waals surface area contributed by atoms with Gasteiger partial charge in [-0.3, -0.25) is 4.79 Å². The molecule has 0 spiro atoms. The van der Waals surface area contributed by atoms with Crippen molar-refractivity contribution in [1.82, 2.24) is 5.32 Å². The zero-order chi connectivity index (χ0) is 17.9. The number of ether oxygens (including phenoxy) is 1. The monoisotopic (exact) mass is 349 g/mol. The molecule has 0 bridgehead atoms. The lowest BCUT2D eigenvalue weighted by Gasteiger charge is -2.16. The average molecular weight is 349 g/mol. The Kier molecular flexibility index (Phi) is 4.70. The van der Waals surface area contributed by atoms with E-state index >= 15 is 0 Å². The molecule has 1 N–H and O–H groups in total. The molecule has 132 valence electrons. The Morgan fingerprint density at radius 2 is 1.68 bits per heavy atom. The van der Waals surface area contributed by atoms with E-state index in [9.17, 15) is 18.0 Å². The van der Waals surface area contributed by atoms with Crippen molar-refractivity contribution in [3.8, 4) is 5.75 Å². The highest BCUT2D eigenvalue weighted by Gasteiger charge is 2.50. The number of hydrogen-bond acceptors (Lipinski definition) is 2. The Bertz CT molecular complexity index is 723. The standard InChI is InChI=1S/C19H18F3NO2/c20-19(21,22)13-25-16-8-6-14(7-9-16)12-23-17(24)18(10-11-18)15-4-2-1-3-5-15/h1-9H,10-13H2,(H,23,24). The van der Waals surface area contributed by atoms with Gasteiger partial charge < -0.3 is 10.1 Å². The molecular formula is C19H18F3NO2. The van der Waals surface area contributed by atoms with Crippen LogP contribution in [0.3, 0.4) is 0 Å². The second kappa shape index (κ2) is 6.78. The van der Waals surface area contributed by atoms with Crippen LogP contribution in [0.25, 0.3) is 0 Å². The van der Waals surface area contributed by atoms with Crippen molar-refractivity contribution in [3.63, 3.8) is 0 Å². The third kappa shape index (κ3) is 4.32. The normalized spacial score (nSPS) is 15.5. The molecule has 0 aromatic heterocycles. The predicted octanol–water partition coefficient (Wildman–Crippen LogP) is 3.98. The van der Waals surface area contributed by atoms with Crippen LogP contribution < -0.4 is 10.1 Å². The fourth-order valence-corrected chi connectivity index (χ4v) is 2.75. The largest absolute Gasteiger partial charge is 0.484 e. The quantitative estimate of drug-likeness (QED) is 0.857. The van der Waals surface area contributed by atoms with Crippen LogP contribution in [0.1, 0.15) is 24.0 Å². The summed E-state index contributed by atoms with van der Waals surface area (Å²) in [5.41, 5.74) is 1.39. The van der Waals surface area contributed by atoms with Gasteiger partial charge in [0.15, 0.2) is 6.61 Å². The maximum Gasteiger partial charge on any atom is 0.422 e. The molecule has 1 amide bonds. The van der Waals surface area contributed by atoms with E-state index in [1.807, 2.05) is 30.3 Å². The summed E-state index contributed by atoms with van der Waals surface area (Å²) < 4.78 is 41.0. The van der Waals surface area contributed by atoms with Gasteiger partial charge in [-0.2, -0.15) is 13.2 Å². The lowest BCUT2D eigenvalue weighted by molar-refractivity contribution is -0.153. The molecule has 1 fully saturated rings. The number of carbonyl (C=O) groups is 1. The molecule has 1 saturated carbocycles. The number of hydrogen-bond donors (Lipinski definition) is 1. The van der Waals surface area contributed by atoms with Crippen LogP contribution in [0.4, 0.5) is 13.2 Å². The maximum atomic E-state index is 12.5. The van der Waals surface area contributed by atoms with Crippen molar-refractivity contribution in [2.45, 2.75) is 31.0 Å². The summed E-state index contributed by atoms with van der Waals surface area (Å²) >= 11 is 0. The minimum absolute atomic E-state index is 0.0175. The van der Waals surface area contributed by atoms with Crippen molar-refractivity contribution in [2.75, 3.05) is 6.61 Å².